The number of hydrogen-bond acceptors (Lipinski definition) is 4. The van der Waals surface area contributed by atoms with E-state index in [1.165, 1.54) is 0 Å². The van der Waals surface area contributed by atoms with Gasteiger partial charge in [-0.1, -0.05) is 39.3 Å². The molecule has 1 atom stereocenters. The molecule has 0 rings (SSSR count). The molecule has 21 heavy (non-hydrogen) atoms. The standard InChI is InChI=1S/C14H31NO4Si2/c1-20(2,3)9-7-15-12(11-13(16)17)14(18)19-8-10-21(4,5)6/h12,15H,7-11H2,1-6H3,(H,16,17)/t12-/m0/s1. The van der Waals surface area contributed by atoms with E-state index in [1.807, 2.05) is 0 Å². The predicted octanol–water partition coefficient (Wildman–Crippen LogP) is 2.64. The molecule has 0 aromatic carbocycles. The Hall–Kier alpha value is -0.666. The first kappa shape index (κ1) is 20.3. The van der Waals surface area contributed by atoms with E-state index < -0.39 is 34.1 Å². The molecule has 2 N–H and O–H groups in total. The molecule has 0 aromatic heterocycles. The monoisotopic (exact) mass is 333 g/mol. The van der Waals surface area contributed by atoms with E-state index in [2.05, 4.69) is 44.6 Å². The van der Waals surface area contributed by atoms with E-state index in [1.54, 1.807) is 0 Å². The predicted molar refractivity (Wildman–Crippen MR) is 91.3 cm³/mol. The van der Waals surface area contributed by atoms with Gasteiger partial charge in [0, 0.05) is 16.1 Å². The Bertz CT molecular complexity index is 348. The molecule has 0 fully saturated rings. The zero-order chi connectivity index (χ0) is 16.7. The van der Waals surface area contributed by atoms with Crippen LogP contribution in [0.3, 0.4) is 0 Å². The van der Waals surface area contributed by atoms with Crippen molar-refractivity contribution >= 4 is 28.1 Å². The van der Waals surface area contributed by atoms with E-state index in [0.29, 0.717) is 13.2 Å². The summed E-state index contributed by atoms with van der Waals surface area (Å²) in [4.78, 5) is 22.9. The first-order valence-corrected chi connectivity index (χ1v) is 14.9. The summed E-state index contributed by atoms with van der Waals surface area (Å²) in [7, 11) is -2.45. The number of carboxylic acid groups (broad SMARTS) is 1. The van der Waals surface area contributed by atoms with Gasteiger partial charge in [-0.15, -0.1) is 0 Å². The van der Waals surface area contributed by atoms with Gasteiger partial charge in [-0.05, 0) is 18.6 Å². The summed E-state index contributed by atoms with van der Waals surface area (Å²) in [6.07, 6.45) is -0.225. The molecule has 0 aliphatic carbocycles. The van der Waals surface area contributed by atoms with Crippen LogP contribution in [0.15, 0.2) is 0 Å². The minimum Gasteiger partial charge on any atom is -0.481 e. The van der Waals surface area contributed by atoms with Crippen LogP contribution in [0.5, 0.6) is 0 Å². The number of hydrogen-bond donors (Lipinski definition) is 2. The molecule has 124 valence electrons. The topological polar surface area (TPSA) is 75.6 Å². The quantitative estimate of drug-likeness (QED) is 0.475. The maximum absolute atomic E-state index is 12.0. The number of rotatable bonds is 10. The van der Waals surface area contributed by atoms with Crippen molar-refractivity contribution in [3.8, 4) is 0 Å². The highest BCUT2D eigenvalue weighted by Gasteiger charge is 2.24. The van der Waals surface area contributed by atoms with Crippen molar-refractivity contribution in [3.05, 3.63) is 0 Å². The van der Waals surface area contributed by atoms with Crippen LogP contribution >= 0.6 is 0 Å². The highest BCUT2D eigenvalue weighted by molar-refractivity contribution is 6.76. The summed E-state index contributed by atoms with van der Waals surface area (Å²) >= 11 is 0. The molecule has 0 amide bonds. The summed E-state index contributed by atoms with van der Waals surface area (Å²) in [5.74, 6) is -1.42. The fraction of sp³-hybridized carbons (Fsp3) is 0.857. The van der Waals surface area contributed by atoms with Crippen LogP contribution < -0.4 is 5.32 Å². The van der Waals surface area contributed by atoms with Crippen LogP contribution in [-0.2, 0) is 14.3 Å². The smallest absolute Gasteiger partial charge is 0.323 e. The molecule has 7 heteroatoms. The van der Waals surface area contributed by atoms with Crippen molar-refractivity contribution in [3.63, 3.8) is 0 Å². The Labute approximate surface area is 130 Å². The van der Waals surface area contributed by atoms with E-state index in [9.17, 15) is 9.59 Å². The van der Waals surface area contributed by atoms with Crippen LogP contribution in [0.4, 0.5) is 0 Å². The van der Waals surface area contributed by atoms with Crippen molar-refractivity contribution in [2.75, 3.05) is 13.2 Å². The summed E-state index contributed by atoms with van der Waals surface area (Å²) < 4.78 is 5.25. The van der Waals surface area contributed by atoms with Crippen molar-refractivity contribution in [2.45, 2.75) is 63.8 Å². The molecule has 0 bridgehead atoms. The second-order valence-corrected chi connectivity index (χ2v) is 19.1. The van der Waals surface area contributed by atoms with Crippen molar-refractivity contribution < 1.29 is 19.4 Å². The molecule has 0 spiro atoms. The van der Waals surface area contributed by atoms with Gasteiger partial charge in [-0.3, -0.25) is 9.59 Å². The number of aliphatic carboxylic acids is 1. The summed E-state index contributed by atoms with van der Waals surface area (Å²) in [6.45, 7) is 14.4. The van der Waals surface area contributed by atoms with E-state index in [-0.39, 0.29) is 6.42 Å². The molecule has 0 aliphatic heterocycles. The van der Waals surface area contributed by atoms with Crippen molar-refractivity contribution in [1.82, 2.24) is 5.32 Å². The van der Waals surface area contributed by atoms with Crippen LogP contribution in [0.25, 0.3) is 0 Å². The minimum atomic E-state index is -1.25. The van der Waals surface area contributed by atoms with Gasteiger partial charge in [0.05, 0.1) is 13.0 Å². The van der Waals surface area contributed by atoms with Gasteiger partial charge >= 0.3 is 11.9 Å². The lowest BCUT2D eigenvalue weighted by atomic mass is 10.2. The Balaban J connectivity index is 4.32. The first-order chi connectivity index (χ1) is 9.41. The van der Waals surface area contributed by atoms with Gasteiger partial charge < -0.3 is 15.2 Å². The zero-order valence-electron chi connectivity index (χ0n) is 14.3. The first-order valence-electron chi connectivity index (χ1n) is 7.52. The highest BCUT2D eigenvalue weighted by Crippen LogP contribution is 2.09. The van der Waals surface area contributed by atoms with E-state index >= 15 is 0 Å². The number of carbonyl (C=O) groups excluding carboxylic acids is 1. The maximum atomic E-state index is 12.0. The number of carboxylic acids is 1. The van der Waals surface area contributed by atoms with Gasteiger partial charge in [-0.25, -0.2) is 0 Å². The van der Waals surface area contributed by atoms with Gasteiger partial charge in [0.15, 0.2) is 0 Å². The third-order valence-electron chi connectivity index (χ3n) is 3.03. The number of nitrogens with one attached hydrogen (secondary N) is 1. The molecule has 0 unspecified atom stereocenters. The Morgan fingerprint density at radius 2 is 1.57 bits per heavy atom. The van der Waals surface area contributed by atoms with Crippen LogP contribution in [0.2, 0.25) is 51.4 Å². The molecule has 0 saturated heterocycles. The molecule has 0 heterocycles. The number of esters is 1. The second-order valence-electron chi connectivity index (χ2n) is 7.89. The zero-order valence-corrected chi connectivity index (χ0v) is 16.3. The van der Waals surface area contributed by atoms with Gasteiger partial charge in [-0.2, -0.15) is 0 Å². The summed E-state index contributed by atoms with van der Waals surface area (Å²) in [5.41, 5.74) is 0. The lowest BCUT2D eigenvalue weighted by molar-refractivity contribution is -0.150. The van der Waals surface area contributed by atoms with Gasteiger partial charge in [0.2, 0.25) is 0 Å². The third-order valence-corrected chi connectivity index (χ3v) is 6.48. The largest absolute Gasteiger partial charge is 0.481 e. The summed E-state index contributed by atoms with van der Waals surface area (Å²) in [5, 5.41) is 12.0. The minimum absolute atomic E-state index is 0.225. The summed E-state index contributed by atoms with van der Waals surface area (Å²) in [6, 6.07) is 1.17. The third kappa shape index (κ3) is 12.8. The Morgan fingerprint density at radius 3 is 2.00 bits per heavy atom. The average Bonchev–Trinajstić information content (AvgIpc) is 2.23. The van der Waals surface area contributed by atoms with Crippen LogP contribution in [0, 0.1) is 0 Å². The van der Waals surface area contributed by atoms with Crippen molar-refractivity contribution in [2.24, 2.45) is 0 Å². The number of ether oxygens (including phenoxy) is 1. The fourth-order valence-electron chi connectivity index (χ4n) is 1.59. The maximum Gasteiger partial charge on any atom is 0.323 e. The SMILES string of the molecule is C[Si](C)(C)CCN[C@@H](CC(=O)O)C(=O)OCC[Si](C)(C)C. The lowest BCUT2D eigenvalue weighted by Crippen LogP contribution is -2.42. The highest BCUT2D eigenvalue weighted by atomic mass is 28.3. The Morgan fingerprint density at radius 1 is 1.05 bits per heavy atom. The fourth-order valence-corrected chi connectivity index (χ4v) is 3.20. The van der Waals surface area contributed by atoms with E-state index in [0.717, 1.165) is 12.1 Å². The molecular weight excluding hydrogens is 302 g/mol. The van der Waals surface area contributed by atoms with Gasteiger partial charge in [0.25, 0.3) is 0 Å². The molecular formula is C14H31NO4Si2. The molecule has 0 aliphatic rings. The molecule has 0 aromatic rings. The van der Waals surface area contributed by atoms with Gasteiger partial charge in [0.1, 0.15) is 6.04 Å². The van der Waals surface area contributed by atoms with Crippen LogP contribution in [0.1, 0.15) is 6.42 Å². The molecule has 0 saturated carbocycles. The molecule has 0 radical (unpaired) electrons. The average molecular weight is 334 g/mol. The second kappa shape index (κ2) is 8.70. The number of carbonyl (C=O) groups is 2. The van der Waals surface area contributed by atoms with Crippen molar-refractivity contribution in [1.29, 1.82) is 0 Å². The Kier molecular flexibility index (Phi) is 8.42. The van der Waals surface area contributed by atoms with Crippen LogP contribution in [-0.4, -0.2) is 52.4 Å². The molecule has 5 nitrogen and oxygen atoms in total. The normalized spacial score (nSPS) is 13.8. The lowest BCUT2D eigenvalue weighted by Gasteiger charge is -2.21. The van der Waals surface area contributed by atoms with E-state index in [4.69, 9.17) is 9.84 Å².